The second kappa shape index (κ2) is 13.0. The van der Waals surface area contributed by atoms with Gasteiger partial charge in [-0.1, -0.05) is 79.2 Å². The number of carbonyl (C=O) groups is 2. The fraction of sp³-hybridized carbons (Fsp3) is 0.481. The Morgan fingerprint density at radius 3 is 2.38 bits per heavy atom. The van der Waals surface area contributed by atoms with Gasteiger partial charge in [0.25, 0.3) is 0 Å². The molecule has 0 heterocycles. The van der Waals surface area contributed by atoms with E-state index < -0.39 is 28.5 Å². The lowest BCUT2D eigenvalue weighted by molar-refractivity contribution is -0.140. The van der Waals surface area contributed by atoms with Crippen molar-refractivity contribution in [1.29, 1.82) is 0 Å². The normalized spacial score (nSPS) is 15.2. The highest BCUT2D eigenvalue weighted by molar-refractivity contribution is 7.92. The van der Waals surface area contributed by atoms with Crippen LogP contribution in [0.2, 0.25) is 10.0 Å². The third-order valence-corrected chi connectivity index (χ3v) is 8.29. The van der Waals surface area contributed by atoms with Crippen molar-refractivity contribution in [1.82, 2.24) is 10.2 Å². The molecule has 202 valence electrons. The number of hydrogen-bond donors (Lipinski definition) is 1. The summed E-state index contributed by atoms with van der Waals surface area (Å²) < 4.78 is 26.5. The molecule has 1 fully saturated rings. The van der Waals surface area contributed by atoms with E-state index in [4.69, 9.17) is 23.2 Å². The van der Waals surface area contributed by atoms with Gasteiger partial charge in [-0.15, -0.1) is 0 Å². The number of benzene rings is 2. The van der Waals surface area contributed by atoms with E-state index in [1.54, 1.807) is 0 Å². The number of nitrogens with zero attached hydrogens (tertiary/aromatic N) is 2. The number of aryl methyl sites for hydroxylation is 1. The van der Waals surface area contributed by atoms with E-state index in [9.17, 15) is 18.0 Å². The van der Waals surface area contributed by atoms with Gasteiger partial charge in [0.1, 0.15) is 12.6 Å². The smallest absolute Gasteiger partial charge is 0.244 e. The number of carbonyl (C=O) groups excluding carboxylic acids is 2. The number of halogens is 2. The molecule has 2 aromatic carbocycles. The molecule has 2 amide bonds. The van der Waals surface area contributed by atoms with Gasteiger partial charge < -0.3 is 10.2 Å². The molecule has 1 aliphatic carbocycles. The zero-order valence-corrected chi connectivity index (χ0v) is 23.9. The average molecular weight is 569 g/mol. The Kier molecular flexibility index (Phi) is 10.3. The number of hydrogen-bond acceptors (Lipinski definition) is 4. The molecular formula is C27H35Cl2N3O4S. The Balaban J connectivity index is 1.93. The zero-order valence-electron chi connectivity index (χ0n) is 21.5. The summed E-state index contributed by atoms with van der Waals surface area (Å²) >= 11 is 12.3. The van der Waals surface area contributed by atoms with Gasteiger partial charge in [0, 0.05) is 17.6 Å². The van der Waals surface area contributed by atoms with Crippen LogP contribution in [0.1, 0.15) is 56.6 Å². The summed E-state index contributed by atoms with van der Waals surface area (Å²) in [5.74, 6) is -0.713. The van der Waals surface area contributed by atoms with E-state index in [0.29, 0.717) is 11.4 Å². The van der Waals surface area contributed by atoms with Crippen LogP contribution >= 0.6 is 23.2 Å². The van der Waals surface area contributed by atoms with Crippen LogP contribution in [-0.4, -0.2) is 50.0 Å². The molecule has 0 radical (unpaired) electrons. The van der Waals surface area contributed by atoms with E-state index in [1.165, 1.54) is 23.1 Å². The molecule has 1 saturated carbocycles. The summed E-state index contributed by atoms with van der Waals surface area (Å²) in [6.07, 6.45) is 6.55. The average Bonchev–Trinajstić information content (AvgIpc) is 2.83. The van der Waals surface area contributed by atoms with Gasteiger partial charge in [-0.05, 0) is 49.9 Å². The summed E-state index contributed by atoms with van der Waals surface area (Å²) in [5, 5.41) is 3.59. The van der Waals surface area contributed by atoms with E-state index in [0.717, 1.165) is 53.8 Å². The highest BCUT2D eigenvalue weighted by atomic mass is 35.5. The van der Waals surface area contributed by atoms with Crippen LogP contribution in [-0.2, 0) is 26.2 Å². The van der Waals surface area contributed by atoms with Crippen molar-refractivity contribution in [2.45, 2.75) is 71.0 Å². The van der Waals surface area contributed by atoms with E-state index in [2.05, 4.69) is 5.32 Å². The maximum atomic E-state index is 13.8. The predicted molar refractivity (Wildman–Crippen MR) is 149 cm³/mol. The largest absolute Gasteiger partial charge is 0.352 e. The van der Waals surface area contributed by atoms with Crippen LogP contribution in [0.15, 0.2) is 42.5 Å². The quantitative estimate of drug-likeness (QED) is 0.420. The maximum Gasteiger partial charge on any atom is 0.244 e. The first kappa shape index (κ1) is 29.3. The number of anilines is 1. The molecule has 0 spiro atoms. The van der Waals surface area contributed by atoms with Gasteiger partial charge in [0.05, 0.1) is 17.0 Å². The van der Waals surface area contributed by atoms with Gasteiger partial charge in [-0.3, -0.25) is 13.9 Å². The molecule has 0 unspecified atom stereocenters. The minimum Gasteiger partial charge on any atom is -0.352 e. The van der Waals surface area contributed by atoms with Crippen LogP contribution in [0, 0.1) is 6.92 Å². The number of amides is 2. The maximum absolute atomic E-state index is 13.8. The molecule has 0 bridgehead atoms. The molecule has 0 aromatic heterocycles. The van der Waals surface area contributed by atoms with Gasteiger partial charge >= 0.3 is 0 Å². The van der Waals surface area contributed by atoms with Gasteiger partial charge in [-0.25, -0.2) is 8.42 Å². The van der Waals surface area contributed by atoms with Crippen LogP contribution in [0.25, 0.3) is 0 Å². The van der Waals surface area contributed by atoms with E-state index >= 15 is 0 Å². The van der Waals surface area contributed by atoms with Crippen LogP contribution < -0.4 is 9.62 Å². The van der Waals surface area contributed by atoms with Crippen LogP contribution in [0.3, 0.4) is 0 Å². The van der Waals surface area contributed by atoms with Gasteiger partial charge in [0.15, 0.2) is 0 Å². The Morgan fingerprint density at radius 2 is 1.78 bits per heavy atom. The molecule has 7 nitrogen and oxygen atoms in total. The first-order valence-electron chi connectivity index (χ1n) is 12.6. The second-order valence-electron chi connectivity index (χ2n) is 9.64. The standard InChI is InChI=1S/C27H35Cl2N3O4S/c1-4-24(27(34)30-22-11-6-5-7-12-22)31(17-20-10-8-9-19(2)15-20)26(33)18-32(37(3,35)36)25-14-13-21(28)16-23(25)29/h8-10,13-16,22,24H,4-7,11-12,17-18H2,1-3H3,(H,30,34)/t24-/m0/s1. The van der Waals surface area contributed by atoms with Gasteiger partial charge in [-0.2, -0.15) is 0 Å². The zero-order chi connectivity index (χ0) is 27.2. The molecular weight excluding hydrogens is 533 g/mol. The van der Waals surface area contributed by atoms with Crippen LogP contribution in [0.5, 0.6) is 0 Å². The first-order valence-corrected chi connectivity index (χ1v) is 15.2. The highest BCUT2D eigenvalue weighted by Crippen LogP contribution is 2.30. The van der Waals surface area contributed by atoms with Crippen molar-refractivity contribution in [3.05, 3.63) is 63.6 Å². The van der Waals surface area contributed by atoms with Gasteiger partial charge in [0.2, 0.25) is 21.8 Å². The summed E-state index contributed by atoms with van der Waals surface area (Å²) in [7, 11) is -3.88. The van der Waals surface area contributed by atoms with Crippen molar-refractivity contribution >= 4 is 50.7 Å². The van der Waals surface area contributed by atoms with Crippen molar-refractivity contribution < 1.29 is 18.0 Å². The lowest BCUT2D eigenvalue weighted by Crippen LogP contribution is -2.54. The minimum atomic E-state index is -3.88. The summed E-state index contributed by atoms with van der Waals surface area (Å²) in [6.45, 7) is 3.48. The Labute approximate surface area is 230 Å². The summed E-state index contributed by atoms with van der Waals surface area (Å²) in [5.41, 5.74) is 2.03. The fourth-order valence-electron chi connectivity index (χ4n) is 4.75. The predicted octanol–water partition coefficient (Wildman–Crippen LogP) is 5.32. The molecule has 0 aliphatic heterocycles. The highest BCUT2D eigenvalue weighted by Gasteiger charge is 2.33. The van der Waals surface area contributed by atoms with E-state index in [1.807, 2.05) is 38.1 Å². The molecule has 37 heavy (non-hydrogen) atoms. The lowest BCUT2D eigenvalue weighted by Gasteiger charge is -2.34. The molecule has 1 atom stereocenters. The minimum absolute atomic E-state index is 0.0895. The van der Waals surface area contributed by atoms with Crippen molar-refractivity contribution in [2.75, 3.05) is 17.1 Å². The Hall–Kier alpha value is -2.29. The third kappa shape index (κ3) is 8.09. The fourth-order valence-corrected chi connectivity index (χ4v) is 6.17. The number of nitrogens with one attached hydrogen (secondary N) is 1. The number of rotatable bonds is 10. The number of sulfonamides is 1. The second-order valence-corrected chi connectivity index (χ2v) is 12.4. The monoisotopic (exact) mass is 567 g/mol. The molecule has 1 N–H and O–H groups in total. The Bertz CT molecular complexity index is 1220. The molecule has 0 saturated heterocycles. The molecule has 1 aliphatic rings. The van der Waals surface area contributed by atoms with E-state index in [-0.39, 0.29) is 29.2 Å². The Morgan fingerprint density at radius 1 is 1.08 bits per heavy atom. The van der Waals surface area contributed by atoms with Crippen molar-refractivity contribution in [2.24, 2.45) is 0 Å². The first-order chi connectivity index (χ1) is 17.5. The SMILES string of the molecule is CC[C@@H](C(=O)NC1CCCCC1)N(Cc1cccc(C)c1)C(=O)CN(c1ccc(Cl)cc1Cl)S(C)(=O)=O. The molecule has 10 heteroatoms. The molecule has 3 rings (SSSR count). The summed E-state index contributed by atoms with van der Waals surface area (Å²) in [6, 6.07) is 11.4. The van der Waals surface area contributed by atoms with Crippen molar-refractivity contribution in [3.63, 3.8) is 0 Å². The molecule has 2 aromatic rings. The van der Waals surface area contributed by atoms with Crippen LogP contribution in [0.4, 0.5) is 5.69 Å². The summed E-state index contributed by atoms with van der Waals surface area (Å²) in [4.78, 5) is 28.7. The third-order valence-electron chi connectivity index (χ3n) is 6.63. The van der Waals surface area contributed by atoms with Crippen molar-refractivity contribution in [3.8, 4) is 0 Å². The topological polar surface area (TPSA) is 86.8 Å². The lowest BCUT2D eigenvalue weighted by atomic mass is 9.95.